The maximum Gasteiger partial charge on any atom is 0.0807 e. The summed E-state index contributed by atoms with van der Waals surface area (Å²) in [7, 11) is 0. The Bertz CT molecular complexity index is 364. The van der Waals surface area contributed by atoms with E-state index in [9.17, 15) is 0 Å². The Hall–Kier alpha value is -0.870. The topological polar surface area (TPSA) is 39.1 Å². The Labute approximate surface area is 117 Å². The van der Waals surface area contributed by atoms with E-state index in [1.54, 1.807) is 0 Å². The molecule has 4 nitrogen and oxygen atoms in total. The van der Waals surface area contributed by atoms with E-state index >= 15 is 0 Å². The number of nitrogens with zero attached hydrogens (tertiary/aromatic N) is 2. The number of likely N-dealkylation sites (N-methyl/N-ethyl adjacent to an activating group) is 1. The molecule has 0 saturated carbocycles. The lowest BCUT2D eigenvalue weighted by molar-refractivity contribution is -0.0546. The monoisotopic (exact) mass is 267 g/mol. The third-order valence-corrected chi connectivity index (χ3v) is 3.81. The first-order valence-corrected chi connectivity index (χ1v) is 7.48. The van der Waals surface area contributed by atoms with Crippen LogP contribution in [0.15, 0.2) is 12.4 Å². The summed E-state index contributed by atoms with van der Waals surface area (Å²) < 4.78 is 7.98. The minimum absolute atomic E-state index is 0.126. The van der Waals surface area contributed by atoms with Crippen molar-refractivity contribution < 1.29 is 4.74 Å². The van der Waals surface area contributed by atoms with Crippen LogP contribution in [0.25, 0.3) is 0 Å². The minimum atomic E-state index is -0.126. The van der Waals surface area contributed by atoms with E-state index in [-0.39, 0.29) is 5.60 Å². The van der Waals surface area contributed by atoms with Crippen LogP contribution in [0, 0.1) is 0 Å². The fourth-order valence-corrected chi connectivity index (χ4v) is 2.45. The zero-order chi connectivity index (χ0) is 14.3. The number of ether oxygens (including phenoxy) is 1. The fourth-order valence-electron chi connectivity index (χ4n) is 2.45. The molecule has 0 amide bonds. The molecule has 0 aromatic carbocycles. The fraction of sp³-hybridized carbons (Fsp3) is 0.800. The van der Waals surface area contributed by atoms with E-state index in [4.69, 9.17) is 4.74 Å². The quantitative estimate of drug-likeness (QED) is 0.747. The molecule has 1 aromatic heterocycles. The lowest BCUT2D eigenvalue weighted by Crippen LogP contribution is -2.51. The van der Waals surface area contributed by atoms with Crippen LogP contribution in [-0.2, 0) is 17.7 Å². The highest BCUT2D eigenvalue weighted by Gasteiger charge is 2.32. The van der Waals surface area contributed by atoms with Crippen LogP contribution in [0.2, 0.25) is 0 Å². The third kappa shape index (κ3) is 4.32. The molecule has 0 aliphatic heterocycles. The van der Waals surface area contributed by atoms with Gasteiger partial charge in [-0.3, -0.25) is 4.68 Å². The van der Waals surface area contributed by atoms with Crippen molar-refractivity contribution in [2.45, 2.75) is 65.6 Å². The second-order valence-electron chi connectivity index (χ2n) is 5.12. The predicted octanol–water partition coefficient (Wildman–Crippen LogP) is 2.63. The second-order valence-corrected chi connectivity index (χ2v) is 5.12. The first kappa shape index (κ1) is 16.2. The molecule has 2 atom stereocenters. The highest BCUT2D eigenvalue weighted by molar-refractivity contribution is 5.09. The van der Waals surface area contributed by atoms with Gasteiger partial charge in [-0.1, -0.05) is 13.8 Å². The van der Waals surface area contributed by atoms with Gasteiger partial charge in [0.15, 0.2) is 0 Å². The molecule has 1 heterocycles. The summed E-state index contributed by atoms with van der Waals surface area (Å²) in [5, 5.41) is 7.92. The van der Waals surface area contributed by atoms with Gasteiger partial charge in [0.2, 0.25) is 0 Å². The summed E-state index contributed by atoms with van der Waals surface area (Å²) in [6.45, 7) is 13.3. The first-order chi connectivity index (χ1) is 9.09. The molecule has 0 spiro atoms. The van der Waals surface area contributed by atoms with Gasteiger partial charge in [0.1, 0.15) is 0 Å². The molecule has 0 fully saturated rings. The molecular formula is C15H29N3O. The van der Waals surface area contributed by atoms with Gasteiger partial charge in [0.05, 0.1) is 11.8 Å². The van der Waals surface area contributed by atoms with Crippen LogP contribution >= 0.6 is 0 Å². The molecule has 0 aliphatic carbocycles. The molecule has 1 aromatic rings. The van der Waals surface area contributed by atoms with E-state index in [1.807, 2.05) is 10.9 Å². The second kappa shape index (κ2) is 7.65. The molecule has 110 valence electrons. The van der Waals surface area contributed by atoms with E-state index in [2.05, 4.69) is 51.2 Å². The number of hydrogen-bond donors (Lipinski definition) is 1. The van der Waals surface area contributed by atoms with Crippen LogP contribution < -0.4 is 5.32 Å². The molecule has 19 heavy (non-hydrogen) atoms. The predicted molar refractivity (Wildman–Crippen MR) is 79.4 cm³/mol. The van der Waals surface area contributed by atoms with Gasteiger partial charge in [-0.2, -0.15) is 5.10 Å². The Kier molecular flexibility index (Phi) is 6.52. The van der Waals surface area contributed by atoms with Crippen molar-refractivity contribution in [3.8, 4) is 0 Å². The number of aryl methyl sites for hydroxylation is 1. The van der Waals surface area contributed by atoms with Crippen molar-refractivity contribution in [1.82, 2.24) is 15.1 Å². The van der Waals surface area contributed by atoms with Gasteiger partial charge in [0, 0.05) is 25.4 Å². The third-order valence-electron chi connectivity index (χ3n) is 3.81. The molecule has 0 radical (unpaired) electrons. The number of hydrogen-bond acceptors (Lipinski definition) is 3. The van der Waals surface area contributed by atoms with E-state index < -0.39 is 0 Å². The molecule has 1 N–H and O–H groups in total. The molecule has 2 unspecified atom stereocenters. The highest BCUT2D eigenvalue weighted by atomic mass is 16.5. The standard InChI is InChI=1S/C15H29N3O/c1-6-15(5,19-9-4)14(16-7-2)10-13-11-17-18(8-3)12-13/h11-12,14,16H,6-10H2,1-5H3. The lowest BCUT2D eigenvalue weighted by atomic mass is 9.89. The smallest absolute Gasteiger partial charge is 0.0807 e. The van der Waals surface area contributed by atoms with Crippen molar-refractivity contribution in [3.05, 3.63) is 18.0 Å². The summed E-state index contributed by atoms with van der Waals surface area (Å²) in [6, 6.07) is 0.317. The number of nitrogens with one attached hydrogen (secondary N) is 1. The maximum absolute atomic E-state index is 6.01. The van der Waals surface area contributed by atoms with Crippen molar-refractivity contribution in [1.29, 1.82) is 0 Å². The van der Waals surface area contributed by atoms with Gasteiger partial charge in [0.25, 0.3) is 0 Å². The van der Waals surface area contributed by atoms with Gasteiger partial charge >= 0.3 is 0 Å². The first-order valence-electron chi connectivity index (χ1n) is 7.48. The van der Waals surface area contributed by atoms with Gasteiger partial charge < -0.3 is 10.1 Å². The summed E-state index contributed by atoms with van der Waals surface area (Å²) in [5.74, 6) is 0. The molecule has 0 saturated heterocycles. The Balaban J connectivity index is 2.80. The SMILES string of the molecule is CCNC(Cc1cnn(CC)c1)C(C)(CC)OCC. The minimum Gasteiger partial charge on any atom is -0.374 e. The molecule has 1 rings (SSSR count). The zero-order valence-corrected chi connectivity index (χ0v) is 13.1. The lowest BCUT2D eigenvalue weighted by Gasteiger charge is -2.37. The highest BCUT2D eigenvalue weighted by Crippen LogP contribution is 2.23. The van der Waals surface area contributed by atoms with Crippen LogP contribution in [0.5, 0.6) is 0 Å². The van der Waals surface area contributed by atoms with Crippen molar-refractivity contribution in [2.24, 2.45) is 0 Å². The Morgan fingerprint density at radius 3 is 2.58 bits per heavy atom. The molecule has 4 heteroatoms. The Morgan fingerprint density at radius 1 is 1.37 bits per heavy atom. The summed E-state index contributed by atoms with van der Waals surface area (Å²) in [5.41, 5.74) is 1.14. The summed E-state index contributed by atoms with van der Waals surface area (Å²) in [6.07, 6.45) is 6.06. The largest absolute Gasteiger partial charge is 0.374 e. The number of aromatic nitrogens is 2. The van der Waals surface area contributed by atoms with Gasteiger partial charge in [-0.25, -0.2) is 0 Å². The molecule has 0 bridgehead atoms. The Morgan fingerprint density at radius 2 is 2.11 bits per heavy atom. The van der Waals surface area contributed by atoms with E-state index in [0.717, 1.165) is 32.5 Å². The van der Waals surface area contributed by atoms with Crippen LogP contribution in [-0.4, -0.2) is 34.6 Å². The van der Waals surface area contributed by atoms with E-state index in [1.165, 1.54) is 5.56 Å². The van der Waals surface area contributed by atoms with Crippen LogP contribution in [0.3, 0.4) is 0 Å². The average Bonchev–Trinajstić information content (AvgIpc) is 2.86. The molecular weight excluding hydrogens is 238 g/mol. The van der Waals surface area contributed by atoms with Crippen LogP contribution in [0.1, 0.15) is 46.6 Å². The van der Waals surface area contributed by atoms with Gasteiger partial charge in [-0.15, -0.1) is 0 Å². The summed E-state index contributed by atoms with van der Waals surface area (Å²) in [4.78, 5) is 0. The van der Waals surface area contributed by atoms with Crippen molar-refractivity contribution >= 4 is 0 Å². The maximum atomic E-state index is 6.01. The average molecular weight is 267 g/mol. The van der Waals surface area contributed by atoms with Crippen molar-refractivity contribution in [2.75, 3.05) is 13.2 Å². The normalized spacial score (nSPS) is 16.3. The van der Waals surface area contributed by atoms with Crippen LogP contribution in [0.4, 0.5) is 0 Å². The van der Waals surface area contributed by atoms with Gasteiger partial charge in [-0.05, 0) is 45.7 Å². The number of rotatable bonds is 9. The molecule has 0 aliphatic rings. The summed E-state index contributed by atoms with van der Waals surface area (Å²) >= 11 is 0. The zero-order valence-electron chi connectivity index (χ0n) is 13.1. The van der Waals surface area contributed by atoms with E-state index in [0.29, 0.717) is 6.04 Å². The van der Waals surface area contributed by atoms with Crippen molar-refractivity contribution in [3.63, 3.8) is 0 Å².